The maximum absolute atomic E-state index is 12.2. The summed E-state index contributed by atoms with van der Waals surface area (Å²) in [5, 5.41) is 2.93. The van der Waals surface area contributed by atoms with Gasteiger partial charge in [-0.3, -0.25) is 4.79 Å². The van der Waals surface area contributed by atoms with Gasteiger partial charge in [0, 0.05) is 37.8 Å². The Morgan fingerprint density at radius 1 is 1.10 bits per heavy atom. The molecule has 21 heavy (non-hydrogen) atoms. The first kappa shape index (κ1) is 15.4. The average molecular weight is 303 g/mol. The highest BCUT2D eigenvalue weighted by atomic mass is 35.5. The van der Waals surface area contributed by atoms with Gasteiger partial charge < -0.3 is 10.2 Å². The number of alkyl halides is 1. The van der Waals surface area contributed by atoms with E-state index in [0.29, 0.717) is 18.0 Å². The third-order valence-corrected chi connectivity index (χ3v) is 3.56. The predicted octanol–water partition coefficient (Wildman–Crippen LogP) is 3.42. The van der Waals surface area contributed by atoms with Crippen LogP contribution in [0.5, 0.6) is 0 Å². The summed E-state index contributed by atoms with van der Waals surface area (Å²) in [6.45, 7) is 0.508. The molecule has 2 aromatic rings. The maximum atomic E-state index is 12.2. The zero-order valence-corrected chi connectivity index (χ0v) is 13.0. The second-order valence-corrected chi connectivity index (χ2v) is 5.34. The van der Waals surface area contributed by atoms with Crippen molar-refractivity contribution < 1.29 is 4.79 Å². The summed E-state index contributed by atoms with van der Waals surface area (Å²) < 4.78 is 0. The highest BCUT2D eigenvalue weighted by Crippen LogP contribution is 2.13. The fourth-order valence-electron chi connectivity index (χ4n) is 1.96. The lowest BCUT2D eigenvalue weighted by Gasteiger charge is -2.13. The van der Waals surface area contributed by atoms with E-state index in [2.05, 4.69) is 5.32 Å². The Balaban J connectivity index is 1.99. The number of amides is 1. The van der Waals surface area contributed by atoms with Gasteiger partial charge in [-0.15, -0.1) is 11.6 Å². The van der Waals surface area contributed by atoms with Crippen molar-refractivity contribution in [3.63, 3.8) is 0 Å². The third kappa shape index (κ3) is 4.23. The summed E-state index contributed by atoms with van der Waals surface area (Å²) in [7, 11) is 3.91. The van der Waals surface area contributed by atoms with Gasteiger partial charge in [-0.1, -0.05) is 30.3 Å². The van der Waals surface area contributed by atoms with E-state index in [0.717, 1.165) is 16.8 Å². The lowest BCUT2D eigenvalue weighted by Crippen LogP contribution is -2.23. The second kappa shape index (κ2) is 7.14. The van der Waals surface area contributed by atoms with Crippen molar-refractivity contribution in [2.45, 2.75) is 12.4 Å². The minimum Gasteiger partial charge on any atom is -0.378 e. The molecule has 0 saturated heterocycles. The molecule has 0 aliphatic rings. The van der Waals surface area contributed by atoms with Crippen LogP contribution in [0.25, 0.3) is 0 Å². The van der Waals surface area contributed by atoms with Crippen molar-refractivity contribution in [2.75, 3.05) is 19.0 Å². The molecule has 0 bridgehead atoms. The standard InChI is InChI=1S/C17H19ClN2O/c1-20(2)16-5-3-4-15(10-16)17(21)19-12-14-8-6-13(11-18)7-9-14/h3-10H,11-12H2,1-2H3,(H,19,21). The predicted molar refractivity (Wildman–Crippen MR) is 87.9 cm³/mol. The number of nitrogens with zero attached hydrogens (tertiary/aromatic N) is 1. The number of halogens is 1. The monoisotopic (exact) mass is 302 g/mol. The van der Waals surface area contributed by atoms with Crippen LogP contribution in [0, 0.1) is 0 Å². The van der Waals surface area contributed by atoms with Gasteiger partial charge in [0.25, 0.3) is 5.91 Å². The fraction of sp³-hybridized carbons (Fsp3) is 0.235. The first-order chi connectivity index (χ1) is 10.1. The smallest absolute Gasteiger partial charge is 0.251 e. The molecule has 0 fully saturated rings. The van der Waals surface area contributed by atoms with Crippen molar-refractivity contribution in [3.8, 4) is 0 Å². The lowest BCUT2D eigenvalue weighted by atomic mass is 10.1. The Kier molecular flexibility index (Phi) is 5.23. The zero-order chi connectivity index (χ0) is 15.2. The van der Waals surface area contributed by atoms with Crippen LogP contribution >= 0.6 is 11.6 Å². The number of nitrogens with one attached hydrogen (secondary N) is 1. The number of hydrogen-bond donors (Lipinski definition) is 1. The van der Waals surface area contributed by atoms with Crippen molar-refractivity contribution in [1.29, 1.82) is 0 Å². The Morgan fingerprint density at radius 3 is 2.38 bits per heavy atom. The van der Waals surface area contributed by atoms with Crippen LogP contribution in [0.15, 0.2) is 48.5 Å². The molecule has 1 amide bonds. The van der Waals surface area contributed by atoms with Gasteiger partial charge in [-0.2, -0.15) is 0 Å². The molecular weight excluding hydrogens is 284 g/mol. The minimum atomic E-state index is -0.0693. The van der Waals surface area contributed by atoms with Gasteiger partial charge in [0.2, 0.25) is 0 Å². The van der Waals surface area contributed by atoms with E-state index in [1.165, 1.54) is 0 Å². The molecule has 3 nitrogen and oxygen atoms in total. The summed E-state index contributed by atoms with van der Waals surface area (Å²) in [6, 6.07) is 15.5. The molecular formula is C17H19ClN2O. The summed E-state index contributed by atoms with van der Waals surface area (Å²) >= 11 is 5.75. The topological polar surface area (TPSA) is 32.3 Å². The highest BCUT2D eigenvalue weighted by Gasteiger charge is 2.06. The minimum absolute atomic E-state index is 0.0693. The molecule has 2 aromatic carbocycles. The highest BCUT2D eigenvalue weighted by molar-refractivity contribution is 6.17. The number of carbonyl (C=O) groups is 1. The zero-order valence-electron chi connectivity index (χ0n) is 12.3. The Morgan fingerprint density at radius 2 is 1.76 bits per heavy atom. The molecule has 1 N–H and O–H groups in total. The van der Waals surface area contributed by atoms with E-state index in [-0.39, 0.29) is 5.91 Å². The Labute approximate surface area is 130 Å². The molecule has 0 unspecified atom stereocenters. The number of rotatable bonds is 5. The van der Waals surface area contributed by atoms with Gasteiger partial charge >= 0.3 is 0 Å². The number of hydrogen-bond acceptors (Lipinski definition) is 2. The molecule has 0 atom stereocenters. The molecule has 0 heterocycles. The molecule has 0 aliphatic heterocycles. The number of benzene rings is 2. The fourth-order valence-corrected chi connectivity index (χ4v) is 2.13. The maximum Gasteiger partial charge on any atom is 0.251 e. The Bertz CT molecular complexity index is 608. The summed E-state index contributed by atoms with van der Waals surface area (Å²) in [6.07, 6.45) is 0. The van der Waals surface area contributed by atoms with Gasteiger partial charge in [-0.05, 0) is 29.3 Å². The summed E-state index contributed by atoms with van der Waals surface area (Å²) in [4.78, 5) is 14.1. The summed E-state index contributed by atoms with van der Waals surface area (Å²) in [5.41, 5.74) is 3.80. The van der Waals surface area contributed by atoms with Crippen molar-refractivity contribution in [1.82, 2.24) is 5.32 Å². The first-order valence-electron chi connectivity index (χ1n) is 6.79. The quantitative estimate of drug-likeness (QED) is 0.858. The molecule has 0 radical (unpaired) electrons. The molecule has 4 heteroatoms. The van der Waals surface area contributed by atoms with Crippen LogP contribution in [-0.2, 0) is 12.4 Å². The molecule has 110 valence electrons. The van der Waals surface area contributed by atoms with Gasteiger partial charge in [-0.25, -0.2) is 0 Å². The van der Waals surface area contributed by atoms with Crippen molar-refractivity contribution >= 4 is 23.2 Å². The first-order valence-corrected chi connectivity index (χ1v) is 7.33. The van der Waals surface area contributed by atoms with E-state index in [9.17, 15) is 4.79 Å². The largest absolute Gasteiger partial charge is 0.378 e. The summed E-state index contributed by atoms with van der Waals surface area (Å²) in [5.74, 6) is 0.435. The van der Waals surface area contributed by atoms with Crippen LogP contribution in [0.2, 0.25) is 0 Å². The normalized spacial score (nSPS) is 10.2. The van der Waals surface area contributed by atoms with Crippen molar-refractivity contribution in [3.05, 3.63) is 65.2 Å². The van der Waals surface area contributed by atoms with E-state index >= 15 is 0 Å². The van der Waals surface area contributed by atoms with E-state index in [1.807, 2.05) is 67.5 Å². The van der Waals surface area contributed by atoms with Crippen LogP contribution < -0.4 is 10.2 Å². The SMILES string of the molecule is CN(C)c1cccc(C(=O)NCc2ccc(CCl)cc2)c1. The molecule has 0 aliphatic carbocycles. The third-order valence-electron chi connectivity index (χ3n) is 3.26. The second-order valence-electron chi connectivity index (χ2n) is 5.08. The van der Waals surface area contributed by atoms with E-state index in [4.69, 9.17) is 11.6 Å². The molecule has 2 rings (SSSR count). The van der Waals surface area contributed by atoms with Gasteiger partial charge in [0.05, 0.1) is 0 Å². The number of anilines is 1. The van der Waals surface area contributed by atoms with Gasteiger partial charge in [0.1, 0.15) is 0 Å². The molecule has 0 saturated carbocycles. The van der Waals surface area contributed by atoms with Crippen LogP contribution in [0.3, 0.4) is 0 Å². The van der Waals surface area contributed by atoms with Crippen LogP contribution in [0.4, 0.5) is 5.69 Å². The van der Waals surface area contributed by atoms with Crippen LogP contribution in [0.1, 0.15) is 21.5 Å². The van der Waals surface area contributed by atoms with E-state index < -0.39 is 0 Å². The average Bonchev–Trinajstić information content (AvgIpc) is 2.53. The molecule has 0 aromatic heterocycles. The number of carbonyl (C=O) groups excluding carboxylic acids is 1. The Hall–Kier alpha value is -2.00. The lowest BCUT2D eigenvalue weighted by molar-refractivity contribution is 0.0951. The van der Waals surface area contributed by atoms with Gasteiger partial charge in [0.15, 0.2) is 0 Å². The molecule has 0 spiro atoms. The van der Waals surface area contributed by atoms with Crippen LogP contribution in [-0.4, -0.2) is 20.0 Å². The van der Waals surface area contributed by atoms with Crippen molar-refractivity contribution in [2.24, 2.45) is 0 Å². The van der Waals surface area contributed by atoms with E-state index in [1.54, 1.807) is 0 Å².